The van der Waals surface area contributed by atoms with Gasteiger partial charge in [0.1, 0.15) is 0 Å². The van der Waals surface area contributed by atoms with Crippen LogP contribution in [0.25, 0.3) is 10.9 Å². The molecule has 0 amide bonds. The highest BCUT2D eigenvalue weighted by molar-refractivity contribution is 5.84. The molecule has 1 aliphatic rings. The number of aromatic nitrogens is 1. The van der Waals surface area contributed by atoms with Gasteiger partial charge in [0.15, 0.2) is 0 Å². The monoisotopic (exact) mass is 286 g/mol. The number of nitrogens with zero attached hydrogens (tertiary/aromatic N) is 1. The van der Waals surface area contributed by atoms with Gasteiger partial charge in [-0.1, -0.05) is 25.1 Å². The fourth-order valence-corrected chi connectivity index (χ4v) is 2.81. The van der Waals surface area contributed by atoms with Crippen LogP contribution in [0.2, 0.25) is 0 Å². The zero-order valence-electron chi connectivity index (χ0n) is 13.0. The van der Waals surface area contributed by atoms with Crippen LogP contribution in [0, 0.1) is 0 Å². The third-order valence-electron chi connectivity index (χ3n) is 4.10. The van der Waals surface area contributed by atoms with Crippen molar-refractivity contribution in [3.63, 3.8) is 0 Å². The predicted octanol–water partition coefficient (Wildman–Crippen LogP) is 3.36. The molecule has 0 saturated heterocycles. The summed E-state index contributed by atoms with van der Waals surface area (Å²) in [6.07, 6.45) is 7.23. The Morgan fingerprint density at radius 2 is 2.10 bits per heavy atom. The summed E-state index contributed by atoms with van der Waals surface area (Å²) in [6, 6.07) is 9.51. The summed E-state index contributed by atoms with van der Waals surface area (Å²) in [4.78, 5) is 0. The van der Waals surface area contributed by atoms with E-state index in [1.807, 2.05) is 0 Å². The highest BCUT2D eigenvalue weighted by Gasteiger charge is 2.19. The average Bonchev–Trinajstić information content (AvgIpc) is 3.27. The number of nitrogens with one attached hydrogen (secondary N) is 1. The second-order valence-corrected chi connectivity index (χ2v) is 5.96. The summed E-state index contributed by atoms with van der Waals surface area (Å²) >= 11 is 0. The van der Waals surface area contributed by atoms with E-state index in [1.54, 1.807) is 0 Å². The van der Waals surface area contributed by atoms with E-state index >= 15 is 0 Å². The van der Waals surface area contributed by atoms with Gasteiger partial charge in [0.25, 0.3) is 0 Å². The van der Waals surface area contributed by atoms with Crippen molar-refractivity contribution in [2.75, 3.05) is 19.8 Å². The van der Waals surface area contributed by atoms with E-state index in [4.69, 9.17) is 4.74 Å². The Kier molecular flexibility index (Phi) is 4.94. The van der Waals surface area contributed by atoms with E-state index < -0.39 is 0 Å². The topological polar surface area (TPSA) is 26.2 Å². The number of ether oxygens (including phenoxy) is 1. The van der Waals surface area contributed by atoms with Crippen molar-refractivity contribution < 1.29 is 4.74 Å². The Bertz CT molecular complexity index is 572. The average molecular weight is 286 g/mol. The van der Waals surface area contributed by atoms with E-state index in [1.165, 1.54) is 29.3 Å². The maximum absolute atomic E-state index is 5.63. The molecule has 0 spiro atoms. The quantitative estimate of drug-likeness (QED) is 0.715. The lowest BCUT2D eigenvalue weighted by Crippen LogP contribution is -2.19. The van der Waals surface area contributed by atoms with Crippen LogP contribution in [0.1, 0.15) is 31.7 Å². The summed E-state index contributed by atoms with van der Waals surface area (Å²) in [5, 5.41) is 5.00. The van der Waals surface area contributed by atoms with Crippen molar-refractivity contribution in [1.82, 2.24) is 9.88 Å². The smallest absolute Gasteiger partial charge is 0.0645 e. The molecule has 0 radical (unpaired) electrons. The summed E-state index contributed by atoms with van der Waals surface area (Å²) in [5.74, 6) is 0. The van der Waals surface area contributed by atoms with Crippen molar-refractivity contribution in [2.45, 2.75) is 45.2 Å². The molecule has 1 aromatic carbocycles. The van der Waals surface area contributed by atoms with Gasteiger partial charge in [-0.2, -0.15) is 0 Å². The number of hydrogen-bond acceptors (Lipinski definition) is 2. The minimum atomic E-state index is 0.792. The van der Waals surface area contributed by atoms with Gasteiger partial charge < -0.3 is 14.6 Å². The molecule has 0 bridgehead atoms. The van der Waals surface area contributed by atoms with Crippen molar-refractivity contribution in [1.29, 1.82) is 0 Å². The SMILES string of the molecule is CCCOCCn1cc(CCNC2CC2)c2ccccc21. The molecule has 3 heteroatoms. The second kappa shape index (κ2) is 7.10. The zero-order chi connectivity index (χ0) is 14.5. The van der Waals surface area contributed by atoms with Crippen molar-refractivity contribution in [2.24, 2.45) is 0 Å². The van der Waals surface area contributed by atoms with E-state index in [-0.39, 0.29) is 0 Å². The molecule has 1 N–H and O–H groups in total. The van der Waals surface area contributed by atoms with Crippen LogP contribution in [0.15, 0.2) is 30.5 Å². The largest absolute Gasteiger partial charge is 0.380 e. The Hall–Kier alpha value is -1.32. The van der Waals surface area contributed by atoms with Crippen molar-refractivity contribution >= 4 is 10.9 Å². The molecule has 21 heavy (non-hydrogen) atoms. The van der Waals surface area contributed by atoms with Gasteiger partial charge >= 0.3 is 0 Å². The molecule has 1 aromatic heterocycles. The van der Waals surface area contributed by atoms with Crippen LogP contribution < -0.4 is 5.32 Å². The molecule has 3 nitrogen and oxygen atoms in total. The fourth-order valence-electron chi connectivity index (χ4n) is 2.81. The summed E-state index contributed by atoms with van der Waals surface area (Å²) in [7, 11) is 0. The van der Waals surface area contributed by atoms with E-state index in [0.29, 0.717) is 0 Å². The normalized spacial score (nSPS) is 14.9. The van der Waals surface area contributed by atoms with E-state index in [9.17, 15) is 0 Å². The number of para-hydroxylation sites is 1. The van der Waals surface area contributed by atoms with Crippen LogP contribution >= 0.6 is 0 Å². The predicted molar refractivity (Wildman–Crippen MR) is 87.8 cm³/mol. The van der Waals surface area contributed by atoms with Crippen LogP contribution in [-0.4, -0.2) is 30.4 Å². The first-order chi connectivity index (χ1) is 10.4. The minimum absolute atomic E-state index is 0.792. The lowest BCUT2D eigenvalue weighted by atomic mass is 10.1. The molecular formula is C18H26N2O. The summed E-state index contributed by atoms with van der Waals surface area (Å²) in [5.41, 5.74) is 2.79. The minimum Gasteiger partial charge on any atom is -0.380 e. The third-order valence-corrected chi connectivity index (χ3v) is 4.10. The van der Waals surface area contributed by atoms with Crippen molar-refractivity contribution in [3.05, 3.63) is 36.0 Å². The number of fused-ring (bicyclic) bond motifs is 1. The molecule has 0 atom stereocenters. The maximum Gasteiger partial charge on any atom is 0.0645 e. The lowest BCUT2D eigenvalue weighted by Gasteiger charge is -2.05. The Morgan fingerprint density at radius 3 is 2.90 bits per heavy atom. The summed E-state index contributed by atoms with van der Waals surface area (Å²) < 4.78 is 7.98. The molecule has 3 rings (SSSR count). The Morgan fingerprint density at radius 1 is 1.24 bits per heavy atom. The number of rotatable bonds is 9. The number of benzene rings is 1. The first-order valence-corrected chi connectivity index (χ1v) is 8.26. The van der Waals surface area contributed by atoms with Crippen LogP contribution in [0.4, 0.5) is 0 Å². The van der Waals surface area contributed by atoms with Crippen LogP contribution in [0.3, 0.4) is 0 Å². The molecule has 1 heterocycles. The molecule has 1 saturated carbocycles. The van der Waals surface area contributed by atoms with Crippen LogP contribution in [-0.2, 0) is 17.7 Å². The first kappa shape index (κ1) is 14.6. The zero-order valence-corrected chi connectivity index (χ0v) is 13.0. The van der Waals surface area contributed by atoms with Gasteiger partial charge in [-0.25, -0.2) is 0 Å². The maximum atomic E-state index is 5.63. The van der Waals surface area contributed by atoms with Gasteiger partial charge in [0, 0.05) is 36.3 Å². The Balaban J connectivity index is 1.66. The van der Waals surface area contributed by atoms with Gasteiger partial charge in [-0.3, -0.25) is 0 Å². The second-order valence-electron chi connectivity index (χ2n) is 5.96. The summed E-state index contributed by atoms with van der Waals surface area (Å²) in [6.45, 7) is 5.83. The highest BCUT2D eigenvalue weighted by atomic mass is 16.5. The van der Waals surface area contributed by atoms with Gasteiger partial charge in [-0.05, 0) is 43.9 Å². The molecule has 0 aliphatic heterocycles. The Labute approximate surface area is 127 Å². The number of hydrogen-bond donors (Lipinski definition) is 1. The van der Waals surface area contributed by atoms with Gasteiger partial charge in [0.05, 0.1) is 6.61 Å². The molecule has 1 fully saturated rings. The molecule has 2 aromatic rings. The lowest BCUT2D eigenvalue weighted by molar-refractivity contribution is 0.127. The highest BCUT2D eigenvalue weighted by Crippen LogP contribution is 2.22. The standard InChI is InChI=1S/C18H26N2O/c1-2-12-21-13-11-20-14-15(9-10-19-16-7-8-16)17-5-3-4-6-18(17)20/h3-6,14,16,19H,2,7-13H2,1H3. The first-order valence-electron chi connectivity index (χ1n) is 8.26. The van der Waals surface area contributed by atoms with Gasteiger partial charge in [-0.15, -0.1) is 0 Å². The third kappa shape index (κ3) is 3.86. The van der Waals surface area contributed by atoms with Crippen molar-refractivity contribution in [3.8, 4) is 0 Å². The fraction of sp³-hybridized carbons (Fsp3) is 0.556. The molecular weight excluding hydrogens is 260 g/mol. The molecule has 114 valence electrons. The van der Waals surface area contributed by atoms with Crippen LogP contribution in [0.5, 0.6) is 0 Å². The molecule has 0 unspecified atom stereocenters. The molecule has 1 aliphatic carbocycles. The van der Waals surface area contributed by atoms with E-state index in [2.05, 4.69) is 47.3 Å². The van der Waals surface area contributed by atoms with E-state index in [0.717, 1.165) is 45.2 Å². The van der Waals surface area contributed by atoms with Gasteiger partial charge in [0.2, 0.25) is 0 Å².